The molecule has 0 radical (unpaired) electrons. The lowest BCUT2D eigenvalue weighted by Gasteiger charge is -2.32. The fourth-order valence-electron chi connectivity index (χ4n) is 3.53. The van der Waals surface area contributed by atoms with Gasteiger partial charge >= 0.3 is 0 Å². The average Bonchev–Trinajstić information content (AvgIpc) is 2.80. The Labute approximate surface area is 180 Å². The molecule has 3 aromatic rings. The Hall–Kier alpha value is -3.30. The summed E-state index contributed by atoms with van der Waals surface area (Å²) in [6.45, 7) is 0.792. The number of nitrogens with zero attached hydrogens (tertiary/aromatic N) is 3. The molecule has 31 heavy (non-hydrogen) atoms. The molecule has 0 aliphatic carbocycles. The zero-order chi connectivity index (χ0) is 21.8. The van der Waals surface area contributed by atoms with E-state index in [-0.39, 0.29) is 28.1 Å². The third-order valence-corrected chi connectivity index (χ3v) is 6.71. The van der Waals surface area contributed by atoms with E-state index >= 15 is 0 Å². The highest BCUT2D eigenvalue weighted by Gasteiger charge is 2.28. The molecule has 1 aromatic heterocycles. The van der Waals surface area contributed by atoms with E-state index in [1.165, 1.54) is 16.8 Å². The van der Waals surface area contributed by atoms with Crippen LogP contribution in [0.25, 0.3) is 5.69 Å². The topological polar surface area (TPSA) is 101 Å². The average molecular weight is 439 g/mol. The molecule has 0 bridgehead atoms. The van der Waals surface area contributed by atoms with Gasteiger partial charge in [0, 0.05) is 25.2 Å². The van der Waals surface area contributed by atoms with Crippen molar-refractivity contribution in [2.75, 3.05) is 13.1 Å². The quantitative estimate of drug-likeness (QED) is 0.655. The van der Waals surface area contributed by atoms with Gasteiger partial charge in [-0.2, -0.15) is 9.78 Å². The summed E-state index contributed by atoms with van der Waals surface area (Å²) < 4.78 is 28.9. The van der Waals surface area contributed by atoms with Crippen molar-refractivity contribution in [3.8, 4) is 5.69 Å². The lowest BCUT2D eigenvalue weighted by molar-refractivity contribution is 0.0703. The fourth-order valence-corrected chi connectivity index (χ4v) is 4.85. The maximum Gasteiger partial charge on any atom is 0.274 e. The van der Waals surface area contributed by atoms with Gasteiger partial charge in [-0.25, -0.2) is 13.1 Å². The number of para-hydroxylation sites is 1. The first-order chi connectivity index (χ1) is 14.9. The summed E-state index contributed by atoms with van der Waals surface area (Å²) in [5, 5.41) is 4.24. The number of piperidine rings is 1. The number of nitrogens with one attached hydrogen (secondary N) is 1. The molecule has 2 aromatic carbocycles. The lowest BCUT2D eigenvalue weighted by Crippen LogP contribution is -2.46. The standard InChI is InChI=1S/C22H22N4O4S/c27-21-12-11-20(23-26(21)18-7-3-1-4-8-18)22(28)25-15-13-17(14-16-25)24-31(29,30)19-9-5-2-6-10-19/h1-12,17,24H,13-16H2. The highest BCUT2D eigenvalue weighted by molar-refractivity contribution is 7.89. The molecule has 8 nitrogen and oxygen atoms in total. The number of benzene rings is 2. The molecular weight excluding hydrogens is 416 g/mol. The zero-order valence-electron chi connectivity index (χ0n) is 16.7. The van der Waals surface area contributed by atoms with E-state index in [2.05, 4.69) is 9.82 Å². The molecule has 2 heterocycles. The van der Waals surface area contributed by atoms with Gasteiger partial charge in [-0.1, -0.05) is 36.4 Å². The Kier molecular flexibility index (Phi) is 5.97. The van der Waals surface area contributed by atoms with Gasteiger partial charge in [-0.3, -0.25) is 9.59 Å². The minimum Gasteiger partial charge on any atom is -0.337 e. The van der Waals surface area contributed by atoms with Gasteiger partial charge in [-0.05, 0) is 43.2 Å². The third kappa shape index (κ3) is 4.73. The molecule has 1 aliphatic heterocycles. The van der Waals surface area contributed by atoms with E-state index < -0.39 is 10.0 Å². The van der Waals surface area contributed by atoms with Crippen LogP contribution in [0.2, 0.25) is 0 Å². The smallest absolute Gasteiger partial charge is 0.274 e. The number of amides is 1. The predicted molar refractivity (Wildman–Crippen MR) is 116 cm³/mol. The molecule has 1 saturated heterocycles. The molecule has 0 saturated carbocycles. The van der Waals surface area contributed by atoms with Crippen molar-refractivity contribution in [3.05, 3.63) is 88.8 Å². The first-order valence-electron chi connectivity index (χ1n) is 9.96. The van der Waals surface area contributed by atoms with E-state index in [9.17, 15) is 18.0 Å². The second kappa shape index (κ2) is 8.83. The molecule has 1 N–H and O–H groups in total. The van der Waals surface area contributed by atoms with Crippen LogP contribution < -0.4 is 10.3 Å². The van der Waals surface area contributed by atoms with Gasteiger partial charge in [0.25, 0.3) is 11.5 Å². The minimum absolute atomic E-state index is 0.173. The molecule has 160 valence electrons. The van der Waals surface area contributed by atoms with Gasteiger partial charge in [-0.15, -0.1) is 0 Å². The first kappa shape index (κ1) is 21.0. The Morgan fingerprint density at radius 2 is 1.52 bits per heavy atom. The largest absolute Gasteiger partial charge is 0.337 e. The van der Waals surface area contributed by atoms with Gasteiger partial charge in [0.1, 0.15) is 5.69 Å². The molecular formula is C22H22N4O4S. The predicted octanol–water partition coefficient (Wildman–Crippen LogP) is 1.82. The van der Waals surface area contributed by atoms with Crippen molar-refractivity contribution in [2.24, 2.45) is 0 Å². The molecule has 0 unspecified atom stereocenters. The Morgan fingerprint density at radius 3 is 2.16 bits per heavy atom. The molecule has 1 fully saturated rings. The van der Waals surface area contributed by atoms with Crippen LogP contribution in [0.15, 0.2) is 82.5 Å². The first-order valence-corrected chi connectivity index (χ1v) is 11.4. The second-order valence-electron chi connectivity index (χ2n) is 7.30. The summed E-state index contributed by atoms with van der Waals surface area (Å²) in [5.41, 5.74) is 0.430. The molecule has 0 spiro atoms. The van der Waals surface area contributed by atoms with Crippen LogP contribution in [0.3, 0.4) is 0 Å². The number of rotatable bonds is 5. The fraction of sp³-hybridized carbons (Fsp3) is 0.227. The number of carbonyl (C=O) groups excluding carboxylic acids is 1. The van der Waals surface area contributed by atoms with E-state index in [1.54, 1.807) is 59.5 Å². The van der Waals surface area contributed by atoms with Gasteiger partial charge < -0.3 is 4.90 Å². The molecule has 1 amide bonds. The monoisotopic (exact) mass is 438 g/mol. The maximum absolute atomic E-state index is 12.9. The molecule has 0 atom stereocenters. The van der Waals surface area contributed by atoms with Crippen LogP contribution in [0.1, 0.15) is 23.3 Å². The van der Waals surface area contributed by atoms with Crippen LogP contribution in [-0.4, -0.2) is 48.1 Å². The van der Waals surface area contributed by atoms with Crippen molar-refractivity contribution in [2.45, 2.75) is 23.8 Å². The van der Waals surface area contributed by atoms with Crippen molar-refractivity contribution in [1.29, 1.82) is 0 Å². The summed E-state index contributed by atoms with van der Waals surface area (Å²) in [5.74, 6) is -0.283. The molecule has 9 heteroatoms. The van der Waals surface area contributed by atoms with Gasteiger partial charge in [0.05, 0.1) is 10.6 Å². The summed E-state index contributed by atoms with van der Waals surface area (Å²) in [6, 6.07) is 19.6. The summed E-state index contributed by atoms with van der Waals surface area (Å²) >= 11 is 0. The highest BCUT2D eigenvalue weighted by atomic mass is 32.2. The Balaban J connectivity index is 1.43. The summed E-state index contributed by atoms with van der Waals surface area (Å²) in [4.78, 5) is 26.9. The number of carbonyl (C=O) groups is 1. The van der Waals surface area contributed by atoms with E-state index in [0.29, 0.717) is 31.6 Å². The van der Waals surface area contributed by atoms with Gasteiger partial charge in [0.15, 0.2) is 0 Å². The number of hydrogen-bond acceptors (Lipinski definition) is 5. The van der Waals surface area contributed by atoms with Crippen LogP contribution in [0, 0.1) is 0 Å². The van der Waals surface area contributed by atoms with Crippen molar-refractivity contribution < 1.29 is 13.2 Å². The molecule has 1 aliphatic rings. The van der Waals surface area contributed by atoms with Crippen molar-refractivity contribution in [1.82, 2.24) is 19.4 Å². The summed E-state index contributed by atoms with van der Waals surface area (Å²) in [6.07, 6.45) is 0.992. The van der Waals surface area contributed by atoms with Crippen molar-refractivity contribution >= 4 is 15.9 Å². The third-order valence-electron chi connectivity index (χ3n) is 5.18. The van der Waals surface area contributed by atoms with Crippen LogP contribution in [0.4, 0.5) is 0 Å². The number of sulfonamides is 1. The molecule has 4 rings (SSSR count). The lowest BCUT2D eigenvalue weighted by atomic mass is 10.1. The number of aromatic nitrogens is 2. The van der Waals surface area contributed by atoms with E-state index in [1.807, 2.05) is 6.07 Å². The van der Waals surface area contributed by atoms with Crippen LogP contribution in [-0.2, 0) is 10.0 Å². The Bertz CT molecular complexity index is 1220. The normalized spacial score (nSPS) is 15.0. The van der Waals surface area contributed by atoms with Crippen LogP contribution in [0.5, 0.6) is 0 Å². The minimum atomic E-state index is -3.59. The summed E-state index contributed by atoms with van der Waals surface area (Å²) in [7, 11) is -3.59. The van der Waals surface area contributed by atoms with Crippen molar-refractivity contribution in [3.63, 3.8) is 0 Å². The highest BCUT2D eigenvalue weighted by Crippen LogP contribution is 2.16. The van der Waals surface area contributed by atoms with Crippen LogP contribution >= 0.6 is 0 Å². The second-order valence-corrected chi connectivity index (χ2v) is 9.02. The van der Waals surface area contributed by atoms with Gasteiger partial charge in [0.2, 0.25) is 10.0 Å². The maximum atomic E-state index is 12.9. The number of hydrogen-bond donors (Lipinski definition) is 1. The zero-order valence-corrected chi connectivity index (χ0v) is 17.5. The van der Waals surface area contributed by atoms with E-state index in [4.69, 9.17) is 0 Å². The Morgan fingerprint density at radius 1 is 0.903 bits per heavy atom. The number of likely N-dealkylation sites (tertiary alicyclic amines) is 1. The van der Waals surface area contributed by atoms with E-state index in [0.717, 1.165) is 0 Å². The SMILES string of the molecule is O=C(c1ccc(=O)n(-c2ccccc2)n1)N1CCC(NS(=O)(=O)c2ccccc2)CC1.